The van der Waals surface area contributed by atoms with Crippen molar-refractivity contribution in [1.29, 1.82) is 0 Å². The van der Waals surface area contributed by atoms with E-state index in [2.05, 4.69) is 70.8 Å². The van der Waals surface area contributed by atoms with Crippen molar-refractivity contribution < 1.29 is 9.53 Å². The Morgan fingerprint density at radius 1 is 1.23 bits per heavy atom. The van der Waals surface area contributed by atoms with Gasteiger partial charge in [0.1, 0.15) is 5.60 Å². The van der Waals surface area contributed by atoms with Crippen LogP contribution in [0.5, 0.6) is 0 Å². The van der Waals surface area contributed by atoms with Gasteiger partial charge >= 0.3 is 0 Å². The lowest BCUT2D eigenvalue weighted by Gasteiger charge is -2.48. The monoisotopic (exact) mass is 372 g/mol. The Bertz CT molecular complexity index is 629. The van der Waals surface area contributed by atoms with Crippen LogP contribution >= 0.6 is 0 Å². The molecule has 0 bridgehead atoms. The van der Waals surface area contributed by atoms with E-state index in [1.54, 1.807) is 6.08 Å². The van der Waals surface area contributed by atoms with Crippen molar-refractivity contribution in [3.05, 3.63) is 60.7 Å². The summed E-state index contributed by atoms with van der Waals surface area (Å²) in [5, 5.41) is 11.6. The number of hydrogen-bond donors (Lipinski definition) is 1. The summed E-state index contributed by atoms with van der Waals surface area (Å²) in [7, 11) is -1.80. The molecule has 26 heavy (non-hydrogen) atoms. The number of allylic oxidation sites excluding steroid dienone is 1. The maximum atomic E-state index is 11.4. The largest absolute Gasteiger partial charge is 0.417 e. The lowest BCUT2D eigenvalue weighted by molar-refractivity contribution is -0.0321. The minimum atomic E-state index is -1.80. The Morgan fingerprint density at radius 3 is 2.46 bits per heavy atom. The van der Waals surface area contributed by atoms with Crippen molar-refractivity contribution >= 4 is 8.32 Å². The highest BCUT2D eigenvalue weighted by Gasteiger charge is 2.48. The predicted octanol–water partition coefficient (Wildman–Crippen LogP) is 5.89. The van der Waals surface area contributed by atoms with Gasteiger partial charge in [0.2, 0.25) is 0 Å². The molecule has 1 aliphatic rings. The minimum Gasteiger partial charge on any atom is -0.417 e. The Morgan fingerprint density at radius 2 is 1.88 bits per heavy atom. The van der Waals surface area contributed by atoms with Gasteiger partial charge in [0.05, 0.1) is 0 Å². The lowest BCUT2D eigenvalue weighted by atomic mass is 9.61. The van der Waals surface area contributed by atoms with Crippen molar-refractivity contribution in [2.75, 3.05) is 6.61 Å². The van der Waals surface area contributed by atoms with Crippen LogP contribution in [-0.4, -0.2) is 25.6 Å². The predicted molar refractivity (Wildman–Crippen MR) is 114 cm³/mol. The molecule has 0 amide bonds. The summed E-state index contributed by atoms with van der Waals surface area (Å²) in [5.74, 6) is 0. The van der Waals surface area contributed by atoms with Gasteiger partial charge in [-0.15, -0.1) is 0 Å². The molecule has 0 radical (unpaired) electrons. The molecule has 2 nitrogen and oxygen atoms in total. The van der Waals surface area contributed by atoms with Crippen LogP contribution in [-0.2, 0) is 10.8 Å². The second-order valence-corrected chi connectivity index (χ2v) is 14.1. The molecule has 0 saturated carbocycles. The van der Waals surface area contributed by atoms with Crippen LogP contribution in [0.25, 0.3) is 0 Å². The molecule has 1 aliphatic carbocycles. The maximum Gasteiger partial charge on any atom is 0.191 e. The van der Waals surface area contributed by atoms with E-state index in [0.717, 1.165) is 25.7 Å². The third-order valence-electron chi connectivity index (χ3n) is 6.56. The Kier molecular flexibility index (Phi) is 6.37. The molecule has 2 atom stereocenters. The van der Waals surface area contributed by atoms with Gasteiger partial charge in [-0.05, 0) is 49.4 Å². The van der Waals surface area contributed by atoms with E-state index in [4.69, 9.17) is 4.43 Å². The van der Waals surface area contributed by atoms with E-state index < -0.39 is 13.9 Å². The average Bonchev–Trinajstić information content (AvgIpc) is 2.57. The summed E-state index contributed by atoms with van der Waals surface area (Å²) in [4.78, 5) is 0. The topological polar surface area (TPSA) is 29.5 Å². The normalized spacial score (nSPS) is 26.7. The summed E-state index contributed by atoms with van der Waals surface area (Å²) >= 11 is 0. The third kappa shape index (κ3) is 4.38. The van der Waals surface area contributed by atoms with Crippen LogP contribution in [0.1, 0.15) is 45.6 Å². The maximum absolute atomic E-state index is 11.4. The van der Waals surface area contributed by atoms with Crippen LogP contribution in [0, 0.1) is 5.41 Å². The van der Waals surface area contributed by atoms with Gasteiger partial charge in [0.25, 0.3) is 0 Å². The van der Waals surface area contributed by atoms with Gasteiger partial charge in [0, 0.05) is 12.0 Å². The van der Waals surface area contributed by atoms with Crippen LogP contribution in [0.3, 0.4) is 0 Å². The van der Waals surface area contributed by atoms with Gasteiger partial charge < -0.3 is 9.53 Å². The highest BCUT2D eigenvalue weighted by molar-refractivity contribution is 6.74. The zero-order chi connectivity index (χ0) is 19.5. The molecule has 0 heterocycles. The molecular formula is C23H36O2Si. The van der Waals surface area contributed by atoms with E-state index in [-0.39, 0.29) is 10.5 Å². The van der Waals surface area contributed by atoms with Gasteiger partial charge in [-0.25, -0.2) is 0 Å². The molecule has 144 valence electrons. The molecular weight excluding hydrogens is 336 g/mol. The van der Waals surface area contributed by atoms with E-state index in [9.17, 15) is 5.11 Å². The number of benzene rings is 1. The van der Waals surface area contributed by atoms with E-state index in [0.29, 0.717) is 6.61 Å². The molecule has 0 saturated heterocycles. The number of hydrogen-bond acceptors (Lipinski definition) is 2. The van der Waals surface area contributed by atoms with E-state index >= 15 is 0 Å². The molecule has 0 unspecified atom stereocenters. The second kappa shape index (κ2) is 7.83. The molecule has 0 spiro atoms. The summed E-state index contributed by atoms with van der Waals surface area (Å²) < 4.78 is 6.47. The second-order valence-electron chi connectivity index (χ2n) is 9.27. The molecule has 1 aromatic rings. The molecule has 3 heteroatoms. The van der Waals surface area contributed by atoms with Gasteiger partial charge in [0.15, 0.2) is 8.32 Å². The number of aliphatic hydroxyl groups is 1. The Labute approximate surface area is 161 Å². The van der Waals surface area contributed by atoms with Crippen molar-refractivity contribution in [3.8, 4) is 0 Å². The molecule has 0 aromatic heterocycles. The van der Waals surface area contributed by atoms with Crippen LogP contribution in [0.4, 0.5) is 0 Å². The number of rotatable bonds is 7. The van der Waals surface area contributed by atoms with E-state index in [1.165, 1.54) is 5.56 Å². The molecule has 0 aliphatic heterocycles. The zero-order valence-electron chi connectivity index (χ0n) is 17.2. The summed E-state index contributed by atoms with van der Waals surface area (Å²) in [6.07, 6.45) is 9.35. The van der Waals surface area contributed by atoms with Crippen molar-refractivity contribution in [2.24, 2.45) is 5.41 Å². The highest BCUT2D eigenvalue weighted by Crippen LogP contribution is 2.47. The smallest absolute Gasteiger partial charge is 0.191 e. The standard InChI is InChI=1S/C23H36O2Si/c1-7-23(24)16-12-11-15-22(23,19-20-13-9-8-10-14-20)17-18-25-26(5,6)21(2,3)4/h7-10,12-14,16,24H,1,11,15,17-19H2,2-6H3/t22-,23-/m1/s1. The first-order valence-corrected chi connectivity index (χ1v) is 12.7. The fourth-order valence-electron chi connectivity index (χ4n) is 3.63. The van der Waals surface area contributed by atoms with E-state index in [1.807, 2.05) is 12.1 Å². The fourth-order valence-corrected chi connectivity index (χ4v) is 4.68. The molecule has 1 aromatic carbocycles. The van der Waals surface area contributed by atoms with Crippen LogP contribution < -0.4 is 0 Å². The summed E-state index contributed by atoms with van der Waals surface area (Å²) in [6, 6.07) is 10.5. The lowest BCUT2D eigenvalue weighted by Crippen LogP contribution is -2.50. The highest BCUT2D eigenvalue weighted by atomic mass is 28.4. The first kappa shape index (κ1) is 21.1. The van der Waals surface area contributed by atoms with Crippen LogP contribution in [0.15, 0.2) is 55.1 Å². The fraction of sp³-hybridized carbons (Fsp3) is 0.565. The molecule has 2 rings (SSSR count). The Hall–Kier alpha value is -1.16. The molecule has 1 N–H and O–H groups in total. The SMILES string of the molecule is C=C[C@@]1(O)C=CCC[C@@]1(CCO[Si](C)(C)C(C)(C)C)Cc1ccccc1. The average molecular weight is 373 g/mol. The van der Waals surface area contributed by atoms with Gasteiger partial charge in [-0.1, -0.05) is 75.9 Å². The molecule has 0 fully saturated rings. The van der Waals surface area contributed by atoms with Gasteiger partial charge in [-0.2, -0.15) is 0 Å². The quantitative estimate of drug-likeness (QED) is 0.477. The summed E-state index contributed by atoms with van der Waals surface area (Å²) in [6.45, 7) is 16.0. The Balaban J connectivity index is 2.24. The first-order chi connectivity index (χ1) is 12.1. The zero-order valence-corrected chi connectivity index (χ0v) is 18.2. The van der Waals surface area contributed by atoms with Crippen LogP contribution in [0.2, 0.25) is 18.1 Å². The minimum absolute atomic E-state index is 0.195. The third-order valence-corrected chi connectivity index (χ3v) is 11.1. The van der Waals surface area contributed by atoms with Gasteiger partial charge in [-0.3, -0.25) is 0 Å². The van der Waals surface area contributed by atoms with Crippen molar-refractivity contribution in [2.45, 2.75) is 70.2 Å². The van der Waals surface area contributed by atoms with Crippen molar-refractivity contribution in [3.63, 3.8) is 0 Å². The van der Waals surface area contributed by atoms with Crippen molar-refractivity contribution in [1.82, 2.24) is 0 Å². The summed E-state index contributed by atoms with van der Waals surface area (Å²) in [5.41, 5.74) is 0.000802. The first-order valence-electron chi connectivity index (χ1n) is 9.77.